The largest absolute Gasteiger partial charge is 0.326 e. The van der Waals surface area contributed by atoms with E-state index in [0.29, 0.717) is 6.54 Å². The van der Waals surface area contributed by atoms with Crippen LogP contribution >= 0.6 is 0 Å². The molecule has 0 aliphatic carbocycles. The van der Waals surface area contributed by atoms with E-state index in [1.165, 1.54) is 5.56 Å². The summed E-state index contributed by atoms with van der Waals surface area (Å²) in [5.74, 6) is -0.179. The van der Waals surface area contributed by atoms with Crippen LogP contribution in [-0.4, -0.2) is 0 Å². The number of nitrogens with two attached hydrogens (primary N) is 1. The fourth-order valence-electron chi connectivity index (χ4n) is 2.40. The third-order valence-corrected chi connectivity index (χ3v) is 3.30. The van der Waals surface area contributed by atoms with Crippen LogP contribution in [0, 0.1) is 26.6 Å². The lowest BCUT2D eigenvalue weighted by Crippen LogP contribution is -1.99. The Morgan fingerprint density at radius 2 is 1.56 bits per heavy atom. The minimum Gasteiger partial charge on any atom is -0.326 e. The second-order valence-electron chi connectivity index (χ2n) is 4.77. The topological polar surface area (TPSA) is 26.0 Å². The Balaban J connectivity index is 2.68. The monoisotopic (exact) mass is 243 g/mol. The van der Waals surface area contributed by atoms with E-state index in [1.54, 1.807) is 12.1 Å². The van der Waals surface area contributed by atoms with Crippen molar-refractivity contribution in [2.24, 2.45) is 5.73 Å². The number of hydrogen-bond acceptors (Lipinski definition) is 1. The van der Waals surface area contributed by atoms with E-state index in [4.69, 9.17) is 5.73 Å². The van der Waals surface area contributed by atoms with Crippen molar-refractivity contribution < 1.29 is 4.39 Å². The minimum atomic E-state index is -0.179. The highest BCUT2D eigenvalue weighted by molar-refractivity contribution is 5.74. The van der Waals surface area contributed by atoms with Gasteiger partial charge in [0.15, 0.2) is 0 Å². The van der Waals surface area contributed by atoms with Gasteiger partial charge in [-0.25, -0.2) is 4.39 Å². The first-order valence-electron chi connectivity index (χ1n) is 6.09. The van der Waals surface area contributed by atoms with Crippen LogP contribution in [0.4, 0.5) is 4.39 Å². The summed E-state index contributed by atoms with van der Waals surface area (Å²) in [4.78, 5) is 0. The number of halogens is 1. The van der Waals surface area contributed by atoms with E-state index in [2.05, 4.69) is 19.1 Å². The van der Waals surface area contributed by atoms with Crippen LogP contribution in [0.25, 0.3) is 11.1 Å². The first-order chi connectivity index (χ1) is 8.52. The van der Waals surface area contributed by atoms with Gasteiger partial charge in [-0.05, 0) is 72.4 Å². The van der Waals surface area contributed by atoms with E-state index in [9.17, 15) is 4.39 Å². The van der Waals surface area contributed by atoms with Crippen LogP contribution < -0.4 is 5.73 Å². The first kappa shape index (κ1) is 12.8. The molecule has 0 bridgehead atoms. The Kier molecular flexibility index (Phi) is 3.48. The maximum absolute atomic E-state index is 13.4. The average Bonchev–Trinajstić information content (AvgIpc) is 2.30. The third kappa shape index (κ3) is 2.29. The van der Waals surface area contributed by atoms with E-state index in [-0.39, 0.29) is 5.82 Å². The first-order valence-corrected chi connectivity index (χ1v) is 6.09. The summed E-state index contributed by atoms with van der Waals surface area (Å²) in [7, 11) is 0. The van der Waals surface area contributed by atoms with E-state index >= 15 is 0 Å². The smallest absolute Gasteiger partial charge is 0.123 e. The van der Waals surface area contributed by atoms with Crippen molar-refractivity contribution in [1.82, 2.24) is 0 Å². The lowest BCUT2D eigenvalue weighted by atomic mass is 9.91. The number of benzene rings is 2. The van der Waals surface area contributed by atoms with Crippen LogP contribution in [0.1, 0.15) is 22.3 Å². The second-order valence-corrected chi connectivity index (χ2v) is 4.77. The molecule has 0 saturated carbocycles. The van der Waals surface area contributed by atoms with Crippen molar-refractivity contribution in [2.75, 3.05) is 0 Å². The zero-order chi connectivity index (χ0) is 13.3. The van der Waals surface area contributed by atoms with E-state index < -0.39 is 0 Å². The number of hydrogen-bond donors (Lipinski definition) is 1. The maximum Gasteiger partial charge on any atom is 0.123 e. The van der Waals surface area contributed by atoms with Gasteiger partial charge in [0.1, 0.15) is 5.82 Å². The summed E-state index contributed by atoms with van der Waals surface area (Å²) in [6, 6.07) is 9.36. The molecular formula is C16H18FN. The predicted molar refractivity (Wildman–Crippen MR) is 73.9 cm³/mol. The molecule has 1 nitrogen and oxygen atoms in total. The molecule has 0 heterocycles. The molecule has 0 fully saturated rings. The standard InChI is InChI=1S/C16H18FN/c1-10-4-5-13(9-18)8-15(10)16-11(2)6-14(17)7-12(16)3/h4-8H,9,18H2,1-3H3. The van der Waals surface area contributed by atoms with Crippen molar-refractivity contribution in [1.29, 1.82) is 0 Å². The summed E-state index contributed by atoms with van der Waals surface area (Å²) in [5, 5.41) is 0. The normalized spacial score (nSPS) is 10.7. The minimum absolute atomic E-state index is 0.179. The van der Waals surface area contributed by atoms with Gasteiger partial charge in [-0.2, -0.15) is 0 Å². The molecule has 0 amide bonds. The van der Waals surface area contributed by atoms with Gasteiger partial charge in [0.2, 0.25) is 0 Å². The average molecular weight is 243 g/mol. The summed E-state index contributed by atoms with van der Waals surface area (Å²) < 4.78 is 13.4. The molecule has 2 rings (SSSR count). The fraction of sp³-hybridized carbons (Fsp3) is 0.250. The zero-order valence-electron chi connectivity index (χ0n) is 11.0. The second kappa shape index (κ2) is 4.91. The Labute approximate surface area is 107 Å². The Morgan fingerprint density at radius 1 is 0.944 bits per heavy atom. The van der Waals surface area contributed by atoms with Gasteiger partial charge in [-0.15, -0.1) is 0 Å². The Morgan fingerprint density at radius 3 is 2.11 bits per heavy atom. The van der Waals surface area contributed by atoms with Crippen LogP contribution in [0.5, 0.6) is 0 Å². The van der Waals surface area contributed by atoms with Crippen molar-refractivity contribution in [2.45, 2.75) is 27.3 Å². The van der Waals surface area contributed by atoms with Gasteiger partial charge in [-0.3, -0.25) is 0 Å². The maximum atomic E-state index is 13.4. The molecule has 0 unspecified atom stereocenters. The molecule has 2 N–H and O–H groups in total. The molecule has 2 aromatic carbocycles. The highest BCUT2D eigenvalue weighted by Gasteiger charge is 2.10. The van der Waals surface area contributed by atoms with Crippen molar-refractivity contribution >= 4 is 0 Å². The van der Waals surface area contributed by atoms with Crippen LogP contribution in [0.15, 0.2) is 30.3 Å². The van der Waals surface area contributed by atoms with E-state index in [0.717, 1.165) is 27.8 Å². The van der Waals surface area contributed by atoms with Crippen molar-refractivity contribution in [3.8, 4) is 11.1 Å². The molecule has 2 heteroatoms. The molecule has 0 aromatic heterocycles. The molecule has 0 spiro atoms. The summed E-state index contributed by atoms with van der Waals surface area (Å²) >= 11 is 0. The van der Waals surface area contributed by atoms with Gasteiger partial charge in [0, 0.05) is 6.54 Å². The highest BCUT2D eigenvalue weighted by Crippen LogP contribution is 2.31. The van der Waals surface area contributed by atoms with Gasteiger partial charge in [0.25, 0.3) is 0 Å². The Bertz CT molecular complexity index is 565. The van der Waals surface area contributed by atoms with Crippen LogP contribution in [0.2, 0.25) is 0 Å². The SMILES string of the molecule is Cc1ccc(CN)cc1-c1c(C)cc(F)cc1C. The molecule has 94 valence electrons. The van der Waals surface area contributed by atoms with Gasteiger partial charge < -0.3 is 5.73 Å². The molecule has 0 atom stereocenters. The van der Waals surface area contributed by atoms with Gasteiger partial charge in [0.05, 0.1) is 0 Å². The highest BCUT2D eigenvalue weighted by atomic mass is 19.1. The third-order valence-electron chi connectivity index (χ3n) is 3.30. The summed E-state index contributed by atoms with van der Waals surface area (Å²) in [5.41, 5.74) is 12.2. The number of aryl methyl sites for hydroxylation is 3. The lowest BCUT2D eigenvalue weighted by molar-refractivity contribution is 0.625. The van der Waals surface area contributed by atoms with Gasteiger partial charge in [-0.1, -0.05) is 12.1 Å². The fourth-order valence-corrected chi connectivity index (χ4v) is 2.40. The lowest BCUT2D eigenvalue weighted by Gasteiger charge is -2.14. The molecule has 0 aliphatic rings. The molecule has 2 aromatic rings. The van der Waals surface area contributed by atoms with Crippen molar-refractivity contribution in [3.05, 3.63) is 58.4 Å². The Hall–Kier alpha value is -1.67. The molecule has 0 aliphatic heterocycles. The predicted octanol–water partition coefficient (Wildman–Crippen LogP) is 3.88. The van der Waals surface area contributed by atoms with Crippen LogP contribution in [-0.2, 0) is 6.54 Å². The quantitative estimate of drug-likeness (QED) is 0.851. The number of rotatable bonds is 2. The summed E-state index contributed by atoms with van der Waals surface area (Å²) in [6.45, 7) is 6.48. The molecule has 0 radical (unpaired) electrons. The zero-order valence-corrected chi connectivity index (χ0v) is 11.0. The van der Waals surface area contributed by atoms with E-state index in [1.807, 2.05) is 19.9 Å². The van der Waals surface area contributed by atoms with Crippen LogP contribution in [0.3, 0.4) is 0 Å². The molecule has 18 heavy (non-hydrogen) atoms. The summed E-state index contributed by atoms with van der Waals surface area (Å²) in [6.07, 6.45) is 0. The molecular weight excluding hydrogens is 225 g/mol. The van der Waals surface area contributed by atoms with Gasteiger partial charge >= 0.3 is 0 Å². The van der Waals surface area contributed by atoms with Crippen molar-refractivity contribution in [3.63, 3.8) is 0 Å². The molecule has 0 saturated heterocycles.